The second-order valence-corrected chi connectivity index (χ2v) is 5.80. The maximum Gasteiger partial charge on any atom is 0.318 e. The Labute approximate surface area is 125 Å². The summed E-state index contributed by atoms with van der Waals surface area (Å²) in [5, 5.41) is 14.2. The van der Waals surface area contributed by atoms with Gasteiger partial charge in [0.15, 0.2) is 0 Å². The van der Waals surface area contributed by atoms with Crippen LogP contribution in [0.25, 0.3) is 0 Å². The molecule has 0 radical (unpaired) electrons. The van der Waals surface area contributed by atoms with E-state index in [9.17, 15) is 14.4 Å². The largest absolute Gasteiger partial charge is 0.481 e. The lowest BCUT2D eigenvalue weighted by Gasteiger charge is -2.26. The van der Waals surface area contributed by atoms with Crippen LogP contribution in [0.3, 0.4) is 0 Å². The molecule has 1 unspecified atom stereocenters. The Morgan fingerprint density at radius 1 is 1.24 bits per heavy atom. The van der Waals surface area contributed by atoms with E-state index in [1.165, 1.54) is 0 Å². The molecule has 0 aliphatic carbocycles. The lowest BCUT2D eigenvalue weighted by atomic mass is 10.1. The molecule has 3 N–H and O–H groups in total. The minimum atomic E-state index is -0.880. The molecule has 1 heterocycles. The number of aliphatic carboxylic acids is 1. The molecular formula is C14H25N3O4. The molecule has 1 aliphatic heterocycles. The van der Waals surface area contributed by atoms with Crippen LogP contribution in [0.15, 0.2) is 0 Å². The molecule has 0 aromatic heterocycles. The molecule has 1 aliphatic rings. The highest BCUT2D eigenvalue weighted by atomic mass is 16.4. The van der Waals surface area contributed by atoms with Crippen molar-refractivity contribution in [2.45, 2.75) is 64.6 Å². The van der Waals surface area contributed by atoms with Crippen molar-refractivity contribution in [2.24, 2.45) is 0 Å². The normalized spacial score (nSPS) is 19.4. The smallest absolute Gasteiger partial charge is 0.318 e. The first-order chi connectivity index (χ1) is 9.81. The maximum absolute atomic E-state index is 12.2. The van der Waals surface area contributed by atoms with Crippen molar-refractivity contribution in [1.82, 2.24) is 15.5 Å². The summed E-state index contributed by atoms with van der Waals surface area (Å²) < 4.78 is 0. The third-order valence-corrected chi connectivity index (χ3v) is 3.41. The fraction of sp³-hybridized carbons (Fsp3) is 0.786. The third-order valence-electron chi connectivity index (χ3n) is 3.41. The number of urea groups is 1. The lowest BCUT2D eigenvalue weighted by Crippen LogP contribution is -2.52. The van der Waals surface area contributed by atoms with Gasteiger partial charge in [-0.1, -0.05) is 0 Å². The van der Waals surface area contributed by atoms with E-state index in [-0.39, 0.29) is 30.4 Å². The van der Waals surface area contributed by atoms with Crippen LogP contribution >= 0.6 is 0 Å². The maximum atomic E-state index is 12.2. The quantitative estimate of drug-likeness (QED) is 0.679. The van der Waals surface area contributed by atoms with Crippen molar-refractivity contribution in [2.75, 3.05) is 6.54 Å². The number of hydrogen-bond donors (Lipinski definition) is 3. The second kappa shape index (κ2) is 7.85. The highest BCUT2D eigenvalue weighted by Crippen LogP contribution is 2.18. The zero-order valence-electron chi connectivity index (χ0n) is 12.9. The molecule has 0 aromatic carbocycles. The summed E-state index contributed by atoms with van der Waals surface area (Å²) in [6.45, 7) is 6.09. The molecule has 1 saturated heterocycles. The Hall–Kier alpha value is -1.79. The predicted octanol–water partition coefficient (Wildman–Crippen LogP) is 0.938. The Morgan fingerprint density at radius 3 is 2.48 bits per heavy atom. The summed E-state index contributed by atoms with van der Waals surface area (Å²) >= 11 is 0. The standard InChI is InChI=1S/C14H25N3O4/c1-9(2)15-14(21)17-8-4-5-11(17)13(20)16-10(3)6-7-12(18)19/h9-11H,4-8H2,1-3H3,(H,15,21)(H,16,20)(H,18,19)/t10?,11-/m0/s1. The van der Waals surface area contributed by atoms with E-state index < -0.39 is 12.0 Å². The van der Waals surface area contributed by atoms with E-state index in [1.54, 1.807) is 11.8 Å². The average Bonchev–Trinajstić information content (AvgIpc) is 2.84. The van der Waals surface area contributed by atoms with Gasteiger partial charge in [-0.05, 0) is 40.0 Å². The number of rotatable bonds is 6. The Bertz CT molecular complexity index is 398. The molecule has 7 heteroatoms. The van der Waals surface area contributed by atoms with Crippen molar-refractivity contribution in [3.63, 3.8) is 0 Å². The van der Waals surface area contributed by atoms with Gasteiger partial charge in [0.2, 0.25) is 5.91 Å². The SMILES string of the molecule is CC(C)NC(=O)N1CCC[C@H]1C(=O)NC(C)CCC(=O)O. The van der Waals surface area contributed by atoms with Crippen LogP contribution in [0, 0.1) is 0 Å². The van der Waals surface area contributed by atoms with Gasteiger partial charge in [0, 0.05) is 25.0 Å². The van der Waals surface area contributed by atoms with Crippen molar-refractivity contribution in [1.29, 1.82) is 0 Å². The molecule has 3 amide bonds. The first-order valence-corrected chi connectivity index (χ1v) is 7.40. The number of nitrogens with zero attached hydrogens (tertiary/aromatic N) is 1. The Kier molecular flexibility index (Phi) is 6.45. The number of likely N-dealkylation sites (tertiary alicyclic amines) is 1. The van der Waals surface area contributed by atoms with Crippen LogP contribution < -0.4 is 10.6 Å². The van der Waals surface area contributed by atoms with Crippen molar-refractivity contribution >= 4 is 17.9 Å². The van der Waals surface area contributed by atoms with Gasteiger partial charge in [-0.3, -0.25) is 9.59 Å². The highest BCUT2D eigenvalue weighted by molar-refractivity contribution is 5.87. The van der Waals surface area contributed by atoms with Gasteiger partial charge in [-0.2, -0.15) is 0 Å². The van der Waals surface area contributed by atoms with Gasteiger partial charge in [0.05, 0.1) is 0 Å². The van der Waals surface area contributed by atoms with E-state index in [0.29, 0.717) is 19.4 Å². The van der Waals surface area contributed by atoms with Crippen LogP contribution in [-0.2, 0) is 9.59 Å². The molecule has 0 bridgehead atoms. The van der Waals surface area contributed by atoms with E-state index in [4.69, 9.17) is 5.11 Å². The first kappa shape index (κ1) is 17.3. The summed E-state index contributed by atoms with van der Waals surface area (Å²) in [7, 11) is 0. The number of carboxylic acid groups (broad SMARTS) is 1. The summed E-state index contributed by atoms with van der Waals surface area (Å²) in [5.74, 6) is -1.08. The highest BCUT2D eigenvalue weighted by Gasteiger charge is 2.34. The van der Waals surface area contributed by atoms with Gasteiger partial charge < -0.3 is 20.6 Å². The Balaban J connectivity index is 2.51. The van der Waals surface area contributed by atoms with E-state index in [0.717, 1.165) is 6.42 Å². The lowest BCUT2D eigenvalue weighted by molar-refractivity contribution is -0.137. The molecule has 21 heavy (non-hydrogen) atoms. The van der Waals surface area contributed by atoms with Gasteiger partial charge in [-0.25, -0.2) is 4.79 Å². The van der Waals surface area contributed by atoms with Crippen LogP contribution in [0.1, 0.15) is 46.5 Å². The zero-order chi connectivity index (χ0) is 16.0. The fourth-order valence-corrected chi connectivity index (χ4v) is 2.36. The van der Waals surface area contributed by atoms with Crippen LogP contribution in [0.5, 0.6) is 0 Å². The minimum Gasteiger partial charge on any atom is -0.481 e. The molecule has 120 valence electrons. The topological polar surface area (TPSA) is 98.7 Å². The van der Waals surface area contributed by atoms with Crippen LogP contribution in [0.4, 0.5) is 4.79 Å². The second-order valence-electron chi connectivity index (χ2n) is 5.80. The van der Waals surface area contributed by atoms with Crippen molar-refractivity contribution in [3.8, 4) is 0 Å². The molecule has 7 nitrogen and oxygen atoms in total. The van der Waals surface area contributed by atoms with Gasteiger partial charge >= 0.3 is 12.0 Å². The van der Waals surface area contributed by atoms with Gasteiger partial charge in [-0.15, -0.1) is 0 Å². The summed E-state index contributed by atoms with van der Waals surface area (Å²) in [4.78, 5) is 36.3. The molecule has 2 atom stereocenters. The Morgan fingerprint density at radius 2 is 1.90 bits per heavy atom. The molecule has 0 spiro atoms. The number of hydrogen-bond acceptors (Lipinski definition) is 3. The summed E-state index contributed by atoms with van der Waals surface area (Å²) in [6, 6.07) is -0.877. The van der Waals surface area contributed by atoms with E-state index in [1.807, 2.05) is 13.8 Å². The monoisotopic (exact) mass is 299 g/mol. The van der Waals surface area contributed by atoms with Crippen molar-refractivity contribution < 1.29 is 19.5 Å². The molecule has 1 rings (SSSR count). The van der Waals surface area contributed by atoms with Gasteiger partial charge in [0.1, 0.15) is 6.04 Å². The zero-order valence-corrected chi connectivity index (χ0v) is 12.9. The number of nitrogens with one attached hydrogen (secondary N) is 2. The van der Waals surface area contributed by atoms with E-state index >= 15 is 0 Å². The number of carboxylic acids is 1. The van der Waals surface area contributed by atoms with E-state index in [2.05, 4.69) is 10.6 Å². The first-order valence-electron chi connectivity index (χ1n) is 7.40. The van der Waals surface area contributed by atoms with Gasteiger partial charge in [0.25, 0.3) is 0 Å². The fourth-order valence-electron chi connectivity index (χ4n) is 2.36. The average molecular weight is 299 g/mol. The van der Waals surface area contributed by atoms with Crippen LogP contribution in [0.2, 0.25) is 0 Å². The number of carbonyl (C=O) groups excluding carboxylic acids is 2. The predicted molar refractivity (Wildman–Crippen MR) is 77.9 cm³/mol. The third kappa shape index (κ3) is 5.61. The number of carbonyl (C=O) groups is 3. The molecule has 1 fully saturated rings. The summed E-state index contributed by atoms with van der Waals surface area (Å²) in [5.41, 5.74) is 0. The molecule has 0 aromatic rings. The molecule has 0 saturated carbocycles. The van der Waals surface area contributed by atoms with Crippen molar-refractivity contribution in [3.05, 3.63) is 0 Å². The number of amides is 3. The summed E-state index contributed by atoms with van der Waals surface area (Å²) in [6.07, 6.45) is 1.84. The minimum absolute atomic E-state index is 0.0175. The van der Waals surface area contributed by atoms with Crippen LogP contribution in [-0.4, -0.2) is 52.6 Å². The molecular weight excluding hydrogens is 274 g/mol.